The van der Waals surface area contributed by atoms with Crippen molar-refractivity contribution in [1.29, 1.82) is 0 Å². The second-order valence-corrected chi connectivity index (χ2v) is 3.60. The maximum atomic E-state index is 5.72. The van der Waals surface area contributed by atoms with E-state index in [0.29, 0.717) is 6.54 Å². The molecule has 0 aliphatic heterocycles. The van der Waals surface area contributed by atoms with Gasteiger partial charge in [0.25, 0.3) is 0 Å². The van der Waals surface area contributed by atoms with Crippen molar-refractivity contribution >= 4 is 10.9 Å². The van der Waals surface area contributed by atoms with Crippen LogP contribution in [0.3, 0.4) is 0 Å². The molecule has 0 fully saturated rings. The first-order valence-electron chi connectivity index (χ1n) is 5.05. The molecular formula is C12H16N2. The van der Waals surface area contributed by atoms with Crippen LogP contribution < -0.4 is 5.73 Å². The first-order valence-corrected chi connectivity index (χ1v) is 5.05. The summed E-state index contributed by atoms with van der Waals surface area (Å²) in [6.45, 7) is 5.91. The molecule has 2 nitrogen and oxygen atoms in total. The zero-order valence-corrected chi connectivity index (χ0v) is 8.75. The van der Waals surface area contributed by atoms with E-state index in [9.17, 15) is 0 Å². The van der Waals surface area contributed by atoms with Gasteiger partial charge in [0.2, 0.25) is 0 Å². The number of hydrogen-bond donors (Lipinski definition) is 1. The van der Waals surface area contributed by atoms with Crippen molar-refractivity contribution < 1.29 is 0 Å². The Balaban J connectivity index is 2.81. The number of fused-ring (bicyclic) bond motifs is 1. The van der Waals surface area contributed by atoms with Gasteiger partial charge in [-0.1, -0.05) is 18.2 Å². The lowest BCUT2D eigenvalue weighted by molar-refractivity contribution is 0.737. The van der Waals surface area contributed by atoms with Crippen LogP contribution in [0.1, 0.15) is 18.2 Å². The van der Waals surface area contributed by atoms with Crippen LogP contribution in [0, 0.1) is 6.92 Å². The van der Waals surface area contributed by atoms with Crippen LogP contribution in [0.2, 0.25) is 0 Å². The number of benzene rings is 1. The minimum atomic E-state index is 0.613. The maximum Gasteiger partial charge on any atom is 0.0512 e. The van der Waals surface area contributed by atoms with Gasteiger partial charge in [-0.2, -0.15) is 0 Å². The second kappa shape index (κ2) is 3.46. The van der Waals surface area contributed by atoms with Crippen LogP contribution in [-0.4, -0.2) is 4.57 Å². The van der Waals surface area contributed by atoms with E-state index in [1.165, 1.54) is 22.2 Å². The molecule has 0 unspecified atom stereocenters. The number of aromatic nitrogens is 1. The Morgan fingerprint density at radius 3 is 2.79 bits per heavy atom. The quantitative estimate of drug-likeness (QED) is 0.771. The predicted molar refractivity (Wildman–Crippen MR) is 60.2 cm³/mol. The third-order valence-corrected chi connectivity index (χ3v) is 2.73. The highest BCUT2D eigenvalue weighted by molar-refractivity contribution is 5.84. The van der Waals surface area contributed by atoms with Gasteiger partial charge in [0.15, 0.2) is 0 Å². The molecule has 0 saturated carbocycles. The molecule has 0 bridgehead atoms. The number of nitrogens with zero attached hydrogens (tertiary/aromatic N) is 1. The Hall–Kier alpha value is -1.28. The van der Waals surface area contributed by atoms with Gasteiger partial charge in [0.1, 0.15) is 0 Å². The molecule has 2 N–H and O–H groups in total. The standard InChI is InChI=1S/C12H16N2/c1-3-14-11(8-13)7-10-6-4-5-9(2)12(10)14/h4-7H,3,8,13H2,1-2H3. The first kappa shape index (κ1) is 9.28. The molecular weight excluding hydrogens is 172 g/mol. The van der Waals surface area contributed by atoms with Gasteiger partial charge in [-0.05, 0) is 25.5 Å². The van der Waals surface area contributed by atoms with E-state index in [2.05, 4.69) is 42.7 Å². The van der Waals surface area contributed by atoms with Gasteiger partial charge in [0, 0.05) is 24.2 Å². The van der Waals surface area contributed by atoms with E-state index in [1.807, 2.05) is 0 Å². The normalized spacial score (nSPS) is 11.1. The Kier molecular flexibility index (Phi) is 2.30. The topological polar surface area (TPSA) is 30.9 Å². The van der Waals surface area contributed by atoms with E-state index >= 15 is 0 Å². The summed E-state index contributed by atoms with van der Waals surface area (Å²) < 4.78 is 2.30. The van der Waals surface area contributed by atoms with E-state index in [1.54, 1.807) is 0 Å². The summed E-state index contributed by atoms with van der Waals surface area (Å²) in [5.74, 6) is 0. The molecule has 0 atom stereocenters. The highest BCUT2D eigenvalue weighted by Gasteiger charge is 2.07. The summed E-state index contributed by atoms with van der Waals surface area (Å²) in [7, 11) is 0. The molecule has 74 valence electrons. The Morgan fingerprint density at radius 2 is 2.14 bits per heavy atom. The lowest BCUT2D eigenvalue weighted by Crippen LogP contribution is -2.05. The van der Waals surface area contributed by atoms with Crippen molar-refractivity contribution in [1.82, 2.24) is 4.57 Å². The fourth-order valence-electron chi connectivity index (χ4n) is 2.10. The first-order chi connectivity index (χ1) is 6.77. The molecule has 2 rings (SSSR count). The molecule has 2 heteroatoms. The van der Waals surface area contributed by atoms with Crippen molar-refractivity contribution in [2.75, 3.05) is 0 Å². The molecule has 0 saturated heterocycles. The molecule has 0 aliphatic rings. The fraction of sp³-hybridized carbons (Fsp3) is 0.333. The number of hydrogen-bond acceptors (Lipinski definition) is 1. The molecule has 14 heavy (non-hydrogen) atoms. The Bertz CT molecular complexity index is 455. The van der Waals surface area contributed by atoms with Crippen LogP contribution in [0.4, 0.5) is 0 Å². The minimum absolute atomic E-state index is 0.613. The van der Waals surface area contributed by atoms with Crippen LogP contribution >= 0.6 is 0 Å². The SMILES string of the molecule is CCn1c(CN)cc2cccc(C)c21. The summed E-state index contributed by atoms with van der Waals surface area (Å²) in [5.41, 5.74) is 9.59. The number of para-hydroxylation sites is 1. The van der Waals surface area contributed by atoms with Crippen molar-refractivity contribution in [3.05, 3.63) is 35.5 Å². The van der Waals surface area contributed by atoms with Gasteiger partial charge < -0.3 is 10.3 Å². The Labute approximate surface area is 84.3 Å². The average molecular weight is 188 g/mol. The molecule has 1 aromatic carbocycles. The van der Waals surface area contributed by atoms with Gasteiger partial charge in [-0.15, -0.1) is 0 Å². The highest BCUT2D eigenvalue weighted by Crippen LogP contribution is 2.22. The van der Waals surface area contributed by atoms with Gasteiger partial charge in [-0.3, -0.25) is 0 Å². The lowest BCUT2D eigenvalue weighted by atomic mass is 10.2. The van der Waals surface area contributed by atoms with Crippen molar-refractivity contribution in [2.45, 2.75) is 26.9 Å². The van der Waals surface area contributed by atoms with Crippen molar-refractivity contribution in [2.24, 2.45) is 5.73 Å². The Morgan fingerprint density at radius 1 is 1.36 bits per heavy atom. The van der Waals surface area contributed by atoms with E-state index in [-0.39, 0.29) is 0 Å². The molecule has 1 aromatic heterocycles. The van der Waals surface area contributed by atoms with Gasteiger partial charge in [0.05, 0.1) is 5.52 Å². The lowest BCUT2D eigenvalue weighted by Gasteiger charge is -2.07. The summed E-state index contributed by atoms with van der Waals surface area (Å²) in [5, 5.41) is 1.30. The number of rotatable bonds is 2. The van der Waals surface area contributed by atoms with Crippen LogP contribution in [0.25, 0.3) is 10.9 Å². The summed E-state index contributed by atoms with van der Waals surface area (Å²) in [6.07, 6.45) is 0. The second-order valence-electron chi connectivity index (χ2n) is 3.60. The largest absolute Gasteiger partial charge is 0.343 e. The molecule has 1 heterocycles. The van der Waals surface area contributed by atoms with Crippen LogP contribution in [0.15, 0.2) is 24.3 Å². The molecule has 0 aliphatic carbocycles. The average Bonchev–Trinajstić information content (AvgIpc) is 2.56. The minimum Gasteiger partial charge on any atom is -0.343 e. The summed E-state index contributed by atoms with van der Waals surface area (Å²) in [4.78, 5) is 0. The van der Waals surface area contributed by atoms with Gasteiger partial charge >= 0.3 is 0 Å². The summed E-state index contributed by atoms with van der Waals surface area (Å²) in [6, 6.07) is 8.58. The smallest absolute Gasteiger partial charge is 0.0512 e. The number of nitrogens with two attached hydrogens (primary N) is 1. The zero-order chi connectivity index (χ0) is 10.1. The third-order valence-electron chi connectivity index (χ3n) is 2.73. The molecule has 0 amide bonds. The van der Waals surface area contributed by atoms with E-state index < -0.39 is 0 Å². The van der Waals surface area contributed by atoms with E-state index in [0.717, 1.165) is 6.54 Å². The number of aryl methyl sites for hydroxylation is 2. The van der Waals surface area contributed by atoms with Crippen molar-refractivity contribution in [3.63, 3.8) is 0 Å². The van der Waals surface area contributed by atoms with Gasteiger partial charge in [-0.25, -0.2) is 0 Å². The summed E-state index contributed by atoms with van der Waals surface area (Å²) >= 11 is 0. The molecule has 0 spiro atoms. The molecule has 2 aromatic rings. The monoisotopic (exact) mass is 188 g/mol. The third kappa shape index (κ3) is 1.23. The van der Waals surface area contributed by atoms with Crippen molar-refractivity contribution in [3.8, 4) is 0 Å². The van der Waals surface area contributed by atoms with E-state index in [4.69, 9.17) is 5.73 Å². The highest BCUT2D eigenvalue weighted by atomic mass is 15.0. The zero-order valence-electron chi connectivity index (χ0n) is 8.75. The fourth-order valence-corrected chi connectivity index (χ4v) is 2.10. The maximum absolute atomic E-state index is 5.72. The predicted octanol–water partition coefficient (Wildman–Crippen LogP) is 2.43. The van der Waals surface area contributed by atoms with Crippen LogP contribution in [-0.2, 0) is 13.1 Å². The molecule has 0 radical (unpaired) electrons. The van der Waals surface area contributed by atoms with Crippen LogP contribution in [0.5, 0.6) is 0 Å².